The molecule has 1 aliphatic carbocycles. The van der Waals surface area contributed by atoms with E-state index in [4.69, 9.17) is 0 Å². The first kappa shape index (κ1) is 15.3. The van der Waals surface area contributed by atoms with E-state index in [0.717, 1.165) is 12.0 Å². The highest BCUT2D eigenvalue weighted by atomic mass is 15.2. The van der Waals surface area contributed by atoms with Gasteiger partial charge in [-0.25, -0.2) is 0 Å². The second-order valence-corrected chi connectivity index (χ2v) is 7.07. The summed E-state index contributed by atoms with van der Waals surface area (Å²) in [6.45, 7) is 8.46. The zero-order valence-electron chi connectivity index (χ0n) is 13.2. The van der Waals surface area contributed by atoms with Crippen LogP contribution in [-0.2, 0) is 0 Å². The van der Waals surface area contributed by atoms with Crippen LogP contribution in [0.1, 0.15) is 71.6 Å². The maximum atomic E-state index is 3.63. The molecule has 0 aromatic carbocycles. The third-order valence-corrected chi connectivity index (χ3v) is 4.96. The van der Waals surface area contributed by atoms with E-state index >= 15 is 0 Å². The van der Waals surface area contributed by atoms with Gasteiger partial charge in [-0.3, -0.25) is 0 Å². The molecule has 0 bridgehead atoms. The molecule has 1 aliphatic heterocycles. The van der Waals surface area contributed by atoms with E-state index in [1.165, 1.54) is 77.4 Å². The van der Waals surface area contributed by atoms with E-state index in [1.54, 1.807) is 0 Å². The number of hydrogen-bond acceptors (Lipinski definition) is 2. The third-order valence-electron chi connectivity index (χ3n) is 4.96. The minimum atomic E-state index is 0.636. The Bertz CT molecular complexity index is 231. The molecule has 1 saturated heterocycles. The number of nitrogens with one attached hydrogen (secondary N) is 1. The van der Waals surface area contributed by atoms with Gasteiger partial charge in [0.05, 0.1) is 0 Å². The van der Waals surface area contributed by atoms with Crippen molar-refractivity contribution in [2.75, 3.05) is 19.6 Å². The zero-order valence-corrected chi connectivity index (χ0v) is 13.2. The summed E-state index contributed by atoms with van der Waals surface area (Å²) in [7, 11) is 0. The van der Waals surface area contributed by atoms with Crippen LogP contribution >= 0.6 is 0 Å². The Hall–Kier alpha value is -0.0800. The lowest BCUT2D eigenvalue weighted by Gasteiger charge is -2.39. The number of hydrogen-bond donors (Lipinski definition) is 1. The first-order chi connectivity index (χ1) is 9.25. The summed E-state index contributed by atoms with van der Waals surface area (Å²) < 4.78 is 0. The summed E-state index contributed by atoms with van der Waals surface area (Å²) >= 11 is 0. The summed E-state index contributed by atoms with van der Waals surface area (Å²) in [5.74, 6) is 0.890. The fourth-order valence-electron chi connectivity index (χ4n) is 3.80. The smallest absolute Gasteiger partial charge is 0.00953 e. The van der Waals surface area contributed by atoms with Crippen LogP contribution in [0, 0.1) is 5.92 Å². The molecule has 1 atom stereocenters. The third kappa shape index (κ3) is 5.43. The Morgan fingerprint density at radius 1 is 0.947 bits per heavy atom. The van der Waals surface area contributed by atoms with Crippen molar-refractivity contribution in [1.82, 2.24) is 10.2 Å². The predicted octanol–water partition coefficient (Wildman–Crippen LogP) is 3.81. The molecule has 2 rings (SSSR count). The Morgan fingerprint density at radius 2 is 1.63 bits per heavy atom. The van der Waals surface area contributed by atoms with Crippen molar-refractivity contribution < 1.29 is 0 Å². The molecule has 19 heavy (non-hydrogen) atoms. The monoisotopic (exact) mass is 266 g/mol. The number of likely N-dealkylation sites (tertiary alicyclic amines) is 1. The van der Waals surface area contributed by atoms with Gasteiger partial charge in [0, 0.05) is 18.6 Å². The Kier molecular flexibility index (Phi) is 6.66. The van der Waals surface area contributed by atoms with Gasteiger partial charge in [0.2, 0.25) is 0 Å². The minimum absolute atomic E-state index is 0.636. The van der Waals surface area contributed by atoms with Gasteiger partial charge < -0.3 is 10.2 Å². The molecule has 0 spiro atoms. The summed E-state index contributed by atoms with van der Waals surface area (Å²) in [5.41, 5.74) is 0. The zero-order chi connectivity index (χ0) is 13.5. The number of piperidine rings is 1. The first-order valence-corrected chi connectivity index (χ1v) is 8.73. The molecule has 1 heterocycles. The van der Waals surface area contributed by atoms with Crippen molar-refractivity contribution in [1.29, 1.82) is 0 Å². The molecule has 2 nitrogen and oxygen atoms in total. The largest absolute Gasteiger partial charge is 0.314 e. The molecule has 1 saturated carbocycles. The van der Waals surface area contributed by atoms with Crippen LogP contribution < -0.4 is 5.32 Å². The lowest BCUT2D eigenvalue weighted by molar-refractivity contribution is 0.103. The highest BCUT2D eigenvalue weighted by Crippen LogP contribution is 2.25. The van der Waals surface area contributed by atoms with Crippen LogP contribution in [0.25, 0.3) is 0 Å². The SMILES string of the molecule is CC(C)NCC1CCCN(C2CCCCCCC2)C1. The molecule has 0 aromatic rings. The minimum Gasteiger partial charge on any atom is -0.314 e. The molecular weight excluding hydrogens is 232 g/mol. The summed E-state index contributed by atoms with van der Waals surface area (Å²) in [6.07, 6.45) is 13.1. The van der Waals surface area contributed by atoms with Crippen LogP contribution in [0.2, 0.25) is 0 Å². The van der Waals surface area contributed by atoms with Gasteiger partial charge in [-0.05, 0) is 44.7 Å². The number of nitrogens with zero attached hydrogens (tertiary/aromatic N) is 1. The lowest BCUT2D eigenvalue weighted by Crippen LogP contribution is -2.45. The Balaban J connectivity index is 1.78. The molecule has 0 aromatic heterocycles. The molecule has 1 unspecified atom stereocenters. The first-order valence-electron chi connectivity index (χ1n) is 8.73. The predicted molar refractivity (Wildman–Crippen MR) is 83.5 cm³/mol. The molecule has 2 aliphatic rings. The molecule has 112 valence electrons. The van der Waals surface area contributed by atoms with Crippen molar-refractivity contribution in [3.63, 3.8) is 0 Å². The highest BCUT2D eigenvalue weighted by Gasteiger charge is 2.25. The average molecular weight is 266 g/mol. The van der Waals surface area contributed by atoms with Crippen LogP contribution in [-0.4, -0.2) is 36.6 Å². The van der Waals surface area contributed by atoms with Crippen LogP contribution in [0.4, 0.5) is 0 Å². The van der Waals surface area contributed by atoms with E-state index in [1.807, 2.05) is 0 Å². The Morgan fingerprint density at radius 3 is 2.32 bits per heavy atom. The van der Waals surface area contributed by atoms with Crippen molar-refractivity contribution in [3.05, 3.63) is 0 Å². The normalized spacial score (nSPS) is 28.3. The lowest BCUT2D eigenvalue weighted by atomic mass is 9.91. The average Bonchev–Trinajstić information content (AvgIpc) is 2.36. The van der Waals surface area contributed by atoms with Crippen molar-refractivity contribution >= 4 is 0 Å². The Labute approximate surface area is 120 Å². The van der Waals surface area contributed by atoms with Crippen molar-refractivity contribution in [2.24, 2.45) is 5.92 Å². The maximum Gasteiger partial charge on any atom is 0.00953 e. The van der Waals surface area contributed by atoms with Crippen LogP contribution in [0.3, 0.4) is 0 Å². The summed E-state index contributed by atoms with van der Waals surface area (Å²) in [6, 6.07) is 1.54. The molecule has 0 amide bonds. The van der Waals surface area contributed by atoms with Gasteiger partial charge in [0.25, 0.3) is 0 Å². The standard InChI is InChI=1S/C17H34N2/c1-15(2)18-13-16-9-8-12-19(14-16)17-10-6-4-3-5-7-11-17/h15-18H,3-14H2,1-2H3. The van der Waals surface area contributed by atoms with Gasteiger partial charge in [0.1, 0.15) is 0 Å². The van der Waals surface area contributed by atoms with E-state index in [9.17, 15) is 0 Å². The second-order valence-electron chi connectivity index (χ2n) is 7.07. The van der Waals surface area contributed by atoms with Crippen molar-refractivity contribution in [2.45, 2.75) is 83.7 Å². The van der Waals surface area contributed by atoms with Gasteiger partial charge in [0.15, 0.2) is 0 Å². The van der Waals surface area contributed by atoms with E-state index < -0.39 is 0 Å². The maximum absolute atomic E-state index is 3.63. The number of rotatable bonds is 4. The fraction of sp³-hybridized carbons (Fsp3) is 1.00. The molecular formula is C17H34N2. The van der Waals surface area contributed by atoms with E-state index in [-0.39, 0.29) is 0 Å². The van der Waals surface area contributed by atoms with E-state index in [2.05, 4.69) is 24.1 Å². The molecule has 2 fully saturated rings. The topological polar surface area (TPSA) is 15.3 Å². The molecule has 2 heteroatoms. The van der Waals surface area contributed by atoms with Gasteiger partial charge >= 0.3 is 0 Å². The van der Waals surface area contributed by atoms with Gasteiger partial charge in [-0.15, -0.1) is 0 Å². The quantitative estimate of drug-likeness (QED) is 0.832. The molecule has 0 radical (unpaired) electrons. The highest BCUT2D eigenvalue weighted by molar-refractivity contribution is 4.81. The van der Waals surface area contributed by atoms with Gasteiger partial charge in [-0.1, -0.05) is 46.0 Å². The second kappa shape index (κ2) is 8.26. The van der Waals surface area contributed by atoms with E-state index in [0.29, 0.717) is 6.04 Å². The van der Waals surface area contributed by atoms with Crippen molar-refractivity contribution in [3.8, 4) is 0 Å². The van der Waals surface area contributed by atoms with Gasteiger partial charge in [-0.2, -0.15) is 0 Å². The molecule has 1 N–H and O–H groups in total. The summed E-state index contributed by atoms with van der Waals surface area (Å²) in [4.78, 5) is 2.83. The fourth-order valence-corrected chi connectivity index (χ4v) is 3.80. The summed E-state index contributed by atoms with van der Waals surface area (Å²) in [5, 5.41) is 3.63. The van der Waals surface area contributed by atoms with Crippen LogP contribution in [0.15, 0.2) is 0 Å². The van der Waals surface area contributed by atoms with Crippen LogP contribution in [0.5, 0.6) is 0 Å².